The third kappa shape index (κ3) is 3.55. The normalized spacial score (nSPS) is 23.4. The van der Waals surface area contributed by atoms with Gasteiger partial charge < -0.3 is 5.11 Å². The number of nitrogens with one attached hydrogen (secondary N) is 1. The van der Waals surface area contributed by atoms with Crippen LogP contribution < -0.4 is 4.72 Å². The van der Waals surface area contributed by atoms with E-state index in [0.717, 1.165) is 11.1 Å². The minimum atomic E-state index is -3.41. The zero-order chi connectivity index (χ0) is 14.3. The fourth-order valence-electron chi connectivity index (χ4n) is 2.52. The Bertz CT molecular complexity index is 560. The molecule has 0 saturated heterocycles. The number of fused-ring (bicyclic) bond motifs is 1. The van der Waals surface area contributed by atoms with Gasteiger partial charge >= 0.3 is 0 Å². The molecule has 2 N–H and O–H groups in total. The van der Waals surface area contributed by atoms with Crippen molar-refractivity contribution in [3.05, 3.63) is 35.4 Å². The third-order valence-electron chi connectivity index (χ3n) is 3.13. The molecule has 106 valence electrons. The lowest BCUT2D eigenvalue weighted by Crippen LogP contribution is -2.38. The Morgan fingerprint density at radius 2 is 1.95 bits per heavy atom. The molecule has 1 aliphatic carbocycles. The van der Waals surface area contributed by atoms with Crippen molar-refractivity contribution in [2.45, 2.75) is 39.3 Å². The van der Waals surface area contributed by atoms with E-state index in [0.29, 0.717) is 6.42 Å². The number of benzene rings is 1. The van der Waals surface area contributed by atoms with Crippen LogP contribution in [-0.4, -0.2) is 25.4 Å². The summed E-state index contributed by atoms with van der Waals surface area (Å²) in [5.74, 6) is 0.0470. The van der Waals surface area contributed by atoms with Gasteiger partial charge in [-0.2, -0.15) is 0 Å². The molecule has 0 aromatic heterocycles. The average Bonchev–Trinajstić information content (AvgIpc) is 2.52. The summed E-state index contributed by atoms with van der Waals surface area (Å²) in [4.78, 5) is 0. The number of aliphatic hydroxyl groups excluding tert-OH is 1. The number of hydrogen-bond donors (Lipinski definition) is 2. The lowest BCUT2D eigenvalue weighted by Gasteiger charge is -2.22. The zero-order valence-electron chi connectivity index (χ0n) is 11.6. The molecular weight excluding hydrogens is 262 g/mol. The van der Waals surface area contributed by atoms with E-state index in [9.17, 15) is 13.5 Å². The maximum absolute atomic E-state index is 12.1. The molecule has 0 fully saturated rings. The Labute approximate surface area is 114 Å². The van der Waals surface area contributed by atoms with Crippen LogP contribution in [0.3, 0.4) is 0 Å². The molecule has 19 heavy (non-hydrogen) atoms. The number of rotatable bonds is 3. The lowest BCUT2D eigenvalue weighted by molar-refractivity contribution is 0.151. The first kappa shape index (κ1) is 14.5. The van der Waals surface area contributed by atoms with Crippen LogP contribution in [-0.2, 0) is 16.4 Å². The molecule has 5 heteroatoms. The number of aliphatic hydroxyl groups is 1. The second kappa shape index (κ2) is 4.89. The molecular formula is C14H21NO3S. The molecule has 1 aliphatic rings. The van der Waals surface area contributed by atoms with E-state index in [4.69, 9.17) is 0 Å². The van der Waals surface area contributed by atoms with Crippen molar-refractivity contribution < 1.29 is 13.5 Å². The summed E-state index contributed by atoms with van der Waals surface area (Å²) in [7, 11) is -3.41. The van der Waals surface area contributed by atoms with Crippen LogP contribution in [0.25, 0.3) is 0 Å². The Hall–Kier alpha value is -0.910. The maximum Gasteiger partial charge on any atom is 0.212 e. The molecule has 0 aliphatic heterocycles. The summed E-state index contributed by atoms with van der Waals surface area (Å²) in [5.41, 5.74) is 1.58. The summed E-state index contributed by atoms with van der Waals surface area (Å²) in [6, 6.07) is 7.04. The van der Waals surface area contributed by atoms with Gasteiger partial charge in [0.1, 0.15) is 0 Å². The third-order valence-corrected chi connectivity index (χ3v) is 4.99. The molecule has 0 spiro atoms. The average molecular weight is 283 g/mol. The van der Waals surface area contributed by atoms with Crippen molar-refractivity contribution in [3.8, 4) is 0 Å². The lowest BCUT2D eigenvalue weighted by atomic mass is 10.0. The van der Waals surface area contributed by atoms with Crippen LogP contribution in [0.2, 0.25) is 0 Å². The molecule has 0 heterocycles. The van der Waals surface area contributed by atoms with Gasteiger partial charge in [-0.05, 0) is 16.5 Å². The Kier molecular flexibility index (Phi) is 3.73. The molecule has 1 aromatic carbocycles. The van der Waals surface area contributed by atoms with Gasteiger partial charge in [-0.15, -0.1) is 0 Å². The second-order valence-corrected chi connectivity index (χ2v) is 8.14. The van der Waals surface area contributed by atoms with Crippen LogP contribution in [0.15, 0.2) is 24.3 Å². The maximum atomic E-state index is 12.1. The van der Waals surface area contributed by atoms with E-state index in [1.54, 1.807) is 0 Å². The highest BCUT2D eigenvalue weighted by Gasteiger charge is 2.34. The van der Waals surface area contributed by atoms with Gasteiger partial charge in [0, 0.05) is 6.42 Å². The standard InChI is InChI=1S/C14H21NO3S/c1-14(2,3)9-19(17,18)15-13-11-7-5-4-6-10(11)8-12(13)16/h4-7,12-13,15-16H,8-9H2,1-3H3. The van der Waals surface area contributed by atoms with Crippen molar-refractivity contribution in [1.82, 2.24) is 4.72 Å². The van der Waals surface area contributed by atoms with Gasteiger partial charge in [0.25, 0.3) is 0 Å². The molecule has 0 radical (unpaired) electrons. The van der Waals surface area contributed by atoms with Gasteiger partial charge in [0.15, 0.2) is 0 Å². The minimum Gasteiger partial charge on any atom is -0.391 e. The van der Waals surface area contributed by atoms with Crippen molar-refractivity contribution in [3.63, 3.8) is 0 Å². The molecule has 2 unspecified atom stereocenters. The van der Waals surface area contributed by atoms with Crippen molar-refractivity contribution in [2.75, 3.05) is 5.75 Å². The quantitative estimate of drug-likeness (QED) is 0.885. The van der Waals surface area contributed by atoms with E-state index in [1.165, 1.54) is 0 Å². The largest absolute Gasteiger partial charge is 0.391 e. The van der Waals surface area contributed by atoms with Gasteiger partial charge in [-0.3, -0.25) is 0 Å². The summed E-state index contributed by atoms with van der Waals surface area (Å²) < 4.78 is 26.9. The van der Waals surface area contributed by atoms with Gasteiger partial charge in [-0.25, -0.2) is 13.1 Å². The van der Waals surface area contributed by atoms with E-state index >= 15 is 0 Å². The predicted molar refractivity (Wildman–Crippen MR) is 75.3 cm³/mol. The highest BCUT2D eigenvalue weighted by atomic mass is 32.2. The zero-order valence-corrected chi connectivity index (χ0v) is 12.4. The Balaban J connectivity index is 2.20. The molecule has 0 saturated carbocycles. The smallest absolute Gasteiger partial charge is 0.212 e. The van der Waals surface area contributed by atoms with Crippen LogP contribution in [0, 0.1) is 5.41 Å². The Morgan fingerprint density at radius 1 is 1.32 bits per heavy atom. The van der Waals surface area contributed by atoms with Crippen LogP contribution >= 0.6 is 0 Å². The van der Waals surface area contributed by atoms with Gasteiger partial charge in [0.05, 0.1) is 17.9 Å². The van der Waals surface area contributed by atoms with Gasteiger partial charge in [-0.1, -0.05) is 45.0 Å². The SMILES string of the molecule is CC(C)(C)CS(=O)(=O)NC1c2ccccc2CC1O. The molecule has 4 nitrogen and oxygen atoms in total. The van der Waals surface area contributed by atoms with Crippen LogP contribution in [0.4, 0.5) is 0 Å². The highest BCUT2D eigenvalue weighted by molar-refractivity contribution is 7.89. The second-order valence-electron chi connectivity index (χ2n) is 6.39. The van der Waals surface area contributed by atoms with E-state index in [2.05, 4.69) is 4.72 Å². The van der Waals surface area contributed by atoms with Crippen molar-refractivity contribution in [1.29, 1.82) is 0 Å². The summed E-state index contributed by atoms with van der Waals surface area (Å²) >= 11 is 0. The van der Waals surface area contributed by atoms with E-state index in [1.807, 2.05) is 45.0 Å². The fraction of sp³-hybridized carbons (Fsp3) is 0.571. The first-order valence-corrected chi connectivity index (χ1v) is 8.09. The predicted octanol–water partition coefficient (Wildman–Crippen LogP) is 1.61. The van der Waals surface area contributed by atoms with Gasteiger partial charge in [0.2, 0.25) is 10.0 Å². The first-order chi connectivity index (χ1) is 8.68. The molecule has 0 bridgehead atoms. The summed E-state index contributed by atoms with van der Waals surface area (Å²) in [5, 5.41) is 10.0. The molecule has 1 aromatic rings. The molecule has 2 rings (SSSR count). The number of hydrogen-bond acceptors (Lipinski definition) is 3. The van der Waals surface area contributed by atoms with Crippen LogP contribution in [0.5, 0.6) is 0 Å². The van der Waals surface area contributed by atoms with E-state index in [-0.39, 0.29) is 11.2 Å². The van der Waals surface area contributed by atoms with E-state index < -0.39 is 22.2 Å². The molecule has 2 atom stereocenters. The number of sulfonamides is 1. The Morgan fingerprint density at radius 3 is 2.58 bits per heavy atom. The summed E-state index contributed by atoms with van der Waals surface area (Å²) in [6.45, 7) is 5.64. The molecule has 0 amide bonds. The topological polar surface area (TPSA) is 66.4 Å². The highest BCUT2D eigenvalue weighted by Crippen LogP contribution is 2.32. The summed E-state index contributed by atoms with van der Waals surface area (Å²) in [6.07, 6.45) is -0.189. The fourth-order valence-corrected chi connectivity index (χ4v) is 4.42. The monoisotopic (exact) mass is 283 g/mol. The van der Waals surface area contributed by atoms with Crippen molar-refractivity contribution in [2.24, 2.45) is 5.41 Å². The first-order valence-electron chi connectivity index (χ1n) is 6.44. The van der Waals surface area contributed by atoms with Crippen molar-refractivity contribution >= 4 is 10.0 Å². The minimum absolute atomic E-state index is 0.0470. The van der Waals surface area contributed by atoms with Crippen LogP contribution in [0.1, 0.15) is 37.9 Å².